The van der Waals surface area contributed by atoms with E-state index in [-0.39, 0.29) is 16.1 Å². The number of nitro groups is 1. The summed E-state index contributed by atoms with van der Waals surface area (Å²) in [7, 11) is 1.58. The predicted molar refractivity (Wildman–Crippen MR) is 77.9 cm³/mol. The minimum Gasteiger partial charge on any atom is -0.496 e. The maximum absolute atomic E-state index is 10.9. The van der Waals surface area contributed by atoms with Crippen LogP contribution in [-0.2, 0) is 6.42 Å². The molecule has 5 heteroatoms. The lowest BCUT2D eigenvalue weighted by atomic mass is 9.88. The van der Waals surface area contributed by atoms with E-state index in [1.807, 2.05) is 0 Å². The number of rotatable bonds is 5. The summed E-state index contributed by atoms with van der Waals surface area (Å²) in [5, 5.41) is 10.9. The van der Waals surface area contributed by atoms with Crippen molar-refractivity contribution >= 4 is 5.69 Å². The molecule has 2 N–H and O–H groups in total. The zero-order valence-electron chi connectivity index (χ0n) is 12.1. The molecule has 110 valence electrons. The van der Waals surface area contributed by atoms with E-state index in [1.165, 1.54) is 6.07 Å². The summed E-state index contributed by atoms with van der Waals surface area (Å²) >= 11 is 0. The minimum absolute atomic E-state index is 0.0921. The topological polar surface area (TPSA) is 78.4 Å². The molecule has 1 fully saturated rings. The van der Waals surface area contributed by atoms with Crippen molar-refractivity contribution < 1.29 is 9.66 Å². The number of non-ortho nitro benzene ring substituents is 1. The largest absolute Gasteiger partial charge is 0.496 e. The van der Waals surface area contributed by atoms with Crippen LogP contribution in [0.5, 0.6) is 5.75 Å². The molecule has 2 atom stereocenters. The van der Waals surface area contributed by atoms with Gasteiger partial charge < -0.3 is 10.5 Å². The second kappa shape index (κ2) is 5.79. The molecule has 1 aliphatic rings. The first kappa shape index (κ1) is 14.8. The molecule has 0 saturated heterocycles. The molecular formula is C15H22N2O3. The molecule has 20 heavy (non-hydrogen) atoms. The van der Waals surface area contributed by atoms with Gasteiger partial charge in [-0.25, -0.2) is 0 Å². The molecule has 1 aromatic rings. The van der Waals surface area contributed by atoms with Gasteiger partial charge in [-0.3, -0.25) is 10.1 Å². The highest BCUT2D eigenvalue weighted by Crippen LogP contribution is 2.38. The van der Waals surface area contributed by atoms with Gasteiger partial charge in [-0.15, -0.1) is 0 Å². The third-order valence-corrected chi connectivity index (χ3v) is 4.34. The number of nitrogens with zero attached hydrogens (tertiary/aromatic N) is 1. The van der Waals surface area contributed by atoms with E-state index in [4.69, 9.17) is 10.5 Å². The highest BCUT2D eigenvalue weighted by atomic mass is 16.6. The average Bonchev–Trinajstić information content (AvgIpc) is 2.80. The summed E-state index contributed by atoms with van der Waals surface area (Å²) in [6.45, 7) is 2.18. The van der Waals surface area contributed by atoms with Crippen molar-refractivity contribution in [3.63, 3.8) is 0 Å². The molecule has 1 aromatic carbocycles. The van der Waals surface area contributed by atoms with E-state index in [9.17, 15) is 10.1 Å². The van der Waals surface area contributed by atoms with Gasteiger partial charge in [0.15, 0.2) is 0 Å². The fourth-order valence-corrected chi connectivity index (χ4v) is 3.18. The molecule has 2 rings (SSSR count). The lowest BCUT2D eigenvalue weighted by molar-refractivity contribution is -0.384. The van der Waals surface area contributed by atoms with Crippen molar-refractivity contribution in [1.82, 2.24) is 0 Å². The van der Waals surface area contributed by atoms with Crippen LogP contribution in [0.25, 0.3) is 0 Å². The zero-order chi connectivity index (χ0) is 14.8. The molecule has 0 amide bonds. The normalized spacial score (nSPS) is 25.6. The first-order valence-electron chi connectivity index (χ1n) is 7.07. The third kappa shape index (κ3) is 3.10. The number of benzene rings is 1. The van der Waals surface area contributed by atoms with Crippen LogP contribution in [0.4, 0.5) is 5.69 Å². The molecule has 1 saturated carbocycles. The summed E-state index contributed by atoms with van der Waals surface area (Å²) in [4.78, 5) is 10.5. The van der Waals surface area contributed by atoms with Crippen LogP contribution in [0.1, 0.15) is 38.2 Å². The van der Waals surface area contributed by atoms with Gasteiger partial charge in [0.25, 0.3) is 5.69 Å². The average molecular weight is 278 g/mol. The van der Waals surface area contributed by atoms with E-state index >= 15 is 0 Å². The van der Waals surface area contributed by atoms with Crippen molar-refractivity contribution in [3.05, 3.63) is 33.9 Å². The molecule has 0 radical (unpaired) electrons. The Bertz CT molecular complexity index is 504. The van der Waals surface area contributed by atoms with Gasteiger partial charge in [0.05, 0.1) is 12.0 Å². The molecule has 2 unspecified atom stereocenters. The Kier molecular flexibility index (Phi) is 4.28. The Morgan fingerprint density at radius 2 is 2.30 bits per heavy atom. The van der Waals surface area contributed by atoms with Gasteiger partial charge in [0, 0.05) is 23.2 Å². The molecule has 0 aromatic heterocycles. The van der Waals surface area contributed by atoms with Crippen LogP contribution in [0.3, 0.4) is 0 Å². The number of hydrogen-bond donors (Lipinski definition) is 1. The lowest BCUT2D eigenvalue weighted by Gasteiger charge is -2.25. The summed E-state index contributed by atoms with van der Waals surface area (Å²) in [6, 6.07) is 4.71. The van der Waals surface area contributed by atoms with Crippen LogP contribution in [0, 0.1) is 16.0 Å². The van der Waals surface area contributed by atoms with Crippen LogP contribution >= 0.6 is 0 Å². The molecule has 1 aliphatic carbocycles. The standard InChI is InChI=1S/C15H22N2O3/c1-3-11-6-7-15(16,9-11)10-12-8-13(17(18)19)4-5-14(12)20-2/h4-5,8,11H,3,6-7,9-10,16H2,1-2H3. The number of hydrogen-bond acceptors (Lipinski definition) is 4. The van der Waals surface area contributed by atoms with Gasteiger partial charge in [-0.1, -0.05) is 13.3 Å². The van der Waals surface area contributed by atoms with Crippen molar-refractivity contribution in [3.8, 4) is 5.75 Å². The summed E-state index contributed by atoms with van der Waals surface area (Å²) in [5.74, 6) is 1.35. The second-order valence-electron chi connectivity index (χ2n) is 5.81. The van der Waals surface area contributed by atoms with E-state index in [2.05, 4.69) is 6.92 Å². The van der Waals surface area contributed by atoms with Gasteiger partial charge in [-0.2, -0.15) is 0 Å². The SMILES string of the molecule is CCC1CCC(N)(Cc2cc([N+](=O)[O-])ccc2OC)C1. The van der Waals surface area contributed by atoms with Crippen LogP contribution < -0.4 is 10.5 Å². The van der Waals surface area contributed by atoms with Crippen LogP contribution in [0.2, 0.25) is 0 Å². The van der Waals surface area contributed by atoms with E-state index in [1.54, 1.807) is 19.2 Å². The van der Waals surface area contributed by atoms with Crippen molar-refractivity contribution in [2.24, 2.45) is 11.7 Å². The van der Waals surface area contributed by atoms with Crippen molar-refractivity contribution in [2.75, 3.05) is 7.11 Å². The molecule has 0 aliphatic heterocycles. The fraction of sp³-hybridized carbons (Fsp3) is 0.600. The van der Waals surface area contributed by atoms with Crippen LogP contribution in [0.15, 0.2) is 18.2 Å². The van der Waals surface area contributed by atoms with E-state index in [0.717, 1.165) is 31.2 Å². The van der Waals surface area contributed by atoms with Gasteiger partial charge in [0.2, 0.25) is 0 Å². The quantitative estimate of drug-likeness (QED) is 0.663. The van der Waals surface area contributed by atoms with Crippen molar-refractivity contribution in [2.45, 2.75) is 44.6 Å². The van der Waals surface area contributed by atoms with Crippen LogP contribution in [-0.4, -0.2) is 17.6 Å². The number of methoxy groups -OCH3 is 1. The lowest BCUT2D eigenvalue weighted by Crippen LogP contribution is -2.39. The molecule has 0 spiro atoms. The highest BCUT2D eigenvalue weighted by Gasteiger charge is 2.35. The third-order valence-electron chi connectivity index (χ3n) is 4.34. The smallest absolute Gasteiger partial charge is 0.269 e. The number of ether oxygens (including phenoxy) is 1. The molecular weight excluding hydrogens is 256 g/mol. The highest BCUT2D eigenvalue weighted by molar-refractivity contribution is 5.44. The van der Waals surface area contributed by atoms with E-state index < -0.39 is 0 Å². The predicted octanol–water partition coefficient (Wildman–Crippen LogP) is 3.05. The van der Waals surface area contributed by atoms with E-state index in [0.29, 0.717) is 18.1 Å². The Balaban J connectivity index is 2.23. The van der Waals surface area contributed by atoms with Crippen molar-refractivity contribution in [1.29, 1.82) is 0 Å². The minimum atomic E-state index is -0.379. The Labute approximate surface area is 119 Å². The zero-order valence-corrected chi connectivity index (χ0v) is 12.1. The fourth-order valence-electron chi connectivity index (χ4n) is 3.18. The maximum atomic E-state index is 10.9. The van der Waals surface area contributed by atoms with Gasteiger partial charge in [0.1, 0.15) is 5.75 Å². The Morgan fingerprint density at radius 3 is 2.85 bits per heavy atom. The summed E-state index contributed by atoms with van der Waals surface area (Å²) in [6.07, 6.45) is 4.87. The number of nitro benzene ring substituents is 1. The monoisotopic (exact) mass is 278 g/mol. The molecule has 5 nitrogen and oxygen atoms in total. The Morgan fingerprint density at radius 1 is 1.55 bits per heavy atom. The Hall–Kier alpha value is -1.62. The first-order chi connectivity index (χ1) is 9.47. The second-order valence-corrected chi connectivity index (χ2v) is 5.81. The molecule has 0 bridgehead atoms. The first-order valence-corrected chi connectivity index (χ1v) is 7.07. The number of nitrogens with two attached hydrogens (primary N) is 1. The maximum Gasteiger partial charge on any atom is 0.269 e. The van der Waals surface area contributed by atoms with Gasteiger partial charge in [-0.05, 0) is 37.7 Å². The van der Waals surface area contributed by atoms with Gasteiger partial charge >= 0.3 is 0 Å². The molecule has 0 heterocycles. The summed E-state index contributed by atoms with van der Waals surface area (Å²) in [5.41, 5.74) is 7.15. The summed E-state index contributed by atoms with van der Waals surface area (Å²) < 4.78 is 5.31.